The molecule has 1 heteroatoms. The van der Waals surface area contributed by atoms with Crippen LogP contribution < -0.4 is 5.73 Å². The molecule has 0 saturated heterocycles. The van der Waals surface area contributed by atoms with E-state index in [2.05, 4.69) is 39.0 Å². The first-order chi connectivity index (χ1) is 7.22. The fourth-order valence-electron chi connectivity index (χ4n) is 2.03. The molecule has 0 heterocycles. The van der Waals surface area contributed by atoms with Gasteiger partial charge in [0.1, 0.15) is 0 Å². The van der Waals surface area contributed by atoms with Gasteiger partial charge in [-0.25, -0.2) is 0 Å². The van der Waals surface area contributed by atoms with Crippen LogP contribution in [-0.2, 0) is 12.8 Å². The first-order valence-electron chi connectivity index (χ1n) is 6.10. The normalized spacial score (nSPS) is 12.8. The molecule has 2 N–H and O–H groups in total. The van der Waals surface area contributed by atoms with Gasteiger partial charge in [-0.1, -0.05) is 45.4 Å². The lowest BCUT2D eigenvalue weighted by Gasteiger charge is -2.14. The highest BCUT2D eigenvalue weighted by Gasteiger charge is 2.07. The minimum Gasteiger partial charge on any atom is -0.324 e. The van der Waals surface area contributed by atoms with Crippen LogP contribution in [0.25, 0.3) is 0 Å². The minimum absolute atomic E-state index is 0.214. The van der Waals surface area contributed by atoms with E-state index in [9.17, 15) is 0 Å². The van der Waals surface area contributed by atoms with Crippen LogP contribution in [0, 0.1) is 0 Å². The maximum Gasteiger partial charge on any atom is 0.0294 e. The number of hydrogen-bond donors (Lipinski definition) is 1. The summed E-state index contributed by atoms with van der Waals surface area (Å²) in [6, 6.07) is 6.94. The second-order valence-corrected chi connectivity index (χ2v) is 4.13. The number of nitrogens with two attached hydrogens (primary N) is 1. The molecule has 0 aliphatic heterocycles. The lowest BCUT2D eigenvalue weighted by atomic mass is 9.95. The first kappa shape index (κ1) is 12.3. The van der Waals surface area contributed by atoms with E-state index in [4.69, 9.17) is 5.73 Å². The van der Waals surface area contributed by atoms with Crippen LogP contribution >= 0.6 is 0 Å². The van der Waals surface area contributed by atoms with E-state index < -0.39 is 0 Å². The van der Waals surface area contributed by atoms with Gasteiger partial charge in [0.15, 0.2) is 0 Å². The monoisotopic (exact) mass is 205 g/mol. The van der Waals surface area contributed by atoms with Gasteiger partial charge in [0.05, 0.1) is 0 Å². The minimum atomic E-state index is 0.214. The van der Waals surface area contributed by atoms with Gasteiger partial charge in [0.25, 0.3) is 0 Å². The Morgan fingerprint density at radius 2 is 1.73 bits per heavy atom. The molecule has 0 radical (unpaired) electrons. The Morgan fingerprint density at radius 3 is 2.27 bits per heavy atom. The Balaban J connectivity index is 2.92. The van der Waals surface area contributed by atoms with Crippen molar-refractivity contribution in [2.75, 3.05) is 0 Å². The fourth-order valence-corrected chi connectivity index (χ4v) is 2.03. The first-order valence-corrected chi connectivity index (χ1v) is 6.10. The second-order valence-electron chi connectivity index (χ2n) is 4.13. The predicted octanol–water partition coefficient (Wildman–Crippen LogP) is 3.61. The maximum atomic E-state index is 6.12. The molecule has 84 valence electrons. The maximum absolute atomic E-state index is 6.12. The van der Waals surface area contributed by atoms with E-state index >= 15 is 0 Å². The quantitative estimate of drug-likeness (QED) is 0.780. The molecule has 0 aliphatic carbocycles. The molecule has 0 spiro atoms. The van der Waals surface area contributed by atoms with Crippen molar-refractivity contribution in [1.29, 1.82) is 0 Å². The van der Waals surface area contributed by atoms with Gasteiger partial charge in [-0.05, 0) is 36.0 Å². The van der Waals surface area contributed by atoms with E-state index in [0.29, 0.717) is 0 Å². The summed E-state index contributed by atoms with van der Waals surface area (Å²) in [6.07, 6.45) is 4.45. The van der Waals surface area contributed by atoms with Gasteiger partial charge < -0.3 is 5.73 Å². The summed E-state index contributed by atoms with van der Waals surface area (Å²) in [5.74, 6) is 0. The molecule has 0 saturated carbocycles. The zero-order valence-corrected chi connectivity index (χ0v) is 10.2. The van der Waals surface area contributed by atoms with Gasteiger partial charge in [-0.15, -0.1) is 0 Å². The highest BCUT2D eigenvalue weighted by atomic mass is 14.6. The third-order valence-corrected chi connectivity index (χ3v) is 3.02. The van der Waals surface area contributed by atoms with Crippen LogP contribution in [0.2, 0.25) is 0 Å². The molecule has 1 aromatic rings. The van der Waals surface area contributed by atoms with Gasteiger partial charge in [0.2, 0.25) is 0 Å². The molecule has 1 aromatic carbocycles. The van der Waals surface area contributed by atoms with Crippen molar-refractivity contribution >= 4 is 0 Å². The largest absolute Gasteiger partial charge is 0.324 e. The van der Waals surface area contributed by atoms with E-state index in [1.165, 1.54) is 16.7 Å². The topological polar surface area (TPSA) is 26.0 Å². The predicted molar refractivity (Wildman–Crippen MR) is 67.0 cm³/mol. The van der Waals surface area contributed by atoms with Crippen molar-refractivity contribution in [3.63, 3.8) is 0 Å². The molecule has 1 unspecified atom stereocenters. The smallest absolute Gasteiger partial charge is 0.0294 e. The Bertz CT molecular complexity index is 304. The zero-order valence-electron chi connectivity index (χ0n) is 10.2. The third kappa shape index (κ3) is 3.07. The van der Waals surface area contributed by atoms with Gasteiger partial charge in [-0.2, -0.15) is 0 Å². The molecular weight excluding hydrogens is 182 g/mol. The molecule has 0 amide bonds. The lowest BCUT2D eigenvalue weighted by Crippen LogP contribution is -2.10. The Morgan fingerprint density at radius 1 is 1.07 bits per heavy atom. The molecular formula is C14H23N. The van der Waals surface area contributed by atoms with Crippen LogP contribution in [0.5, 0.6) is 0 Å². The van der Waals surface area contributed by atoms with Crippen molar-refractivity contribution in [2.24, 2.45) is 5.73 Å². The van der Waals surface area contributed by atoms with Crippen molar-refractivity contribution < 1.29 is 0 Å². The van der Waals surface area contributed by atoms with Crippen LogP contribution in [0.15, 0.2) is 18.2 Å². The van der Waals surface area contributed by atoms with Crippen LogP contribution in [0.3, 0.4) is 0 Å². The SMILES string of the molecule is CCCC(N)c1ccc(CC)c(CC)c1. The highest BCUT2D eigenvalue weighted by molar-refractivity contribution is 5.33. The number of benzene rings is 1. The summed E-state index contributed by atoms with van der Waals surface area (Å²) in [6.45, 7) is 6.60. The molecule has 0 aromatic heterocycles. The van der Waals surface area contributed by atoms with Crippen molar-refractivity contribution in [1.82, 2.24) is 0 Å². The van der Waals surface area contributed by atoms with E-state index in [-0.39, 0.29) is 6.04 Å². The lowest BCUT2D eigenvalue weighted by molar-refractivity contribution is 0.637. The third-order valence-electron chi connectivity index (χ3n) is 3.02. The number of hydrogen-bond acceptors (Lipinski definition) is 1. The van der Waals surface area contributed by atoms with Crippen molar-refractivity contribution in [3.8, 4) is 0 Å². The average molecular weight is 205 g/mol. The number of aryl methyl sites for hydroxylation is 2. The van der Waals surface area contributed by atoms with E-state index in [0.717, 1.165) is 25.7 Å². The van der Waals surface area contributed by atoms with E-state index in [1.807, 2.05) is 0 Å². The molecule has 0 aliphatic rings. The fraction of sp³-hybridized carbons (Fsp3) is 0.571. The number of rotatable bonds is 5. The Labute approximate surface area is 93.7 Å². The molecule has 1 atom stereocenters. The summed E-state index contributed by atoms with van der Waals surface area (Å²) in [7, 11) is 0. The zero-order chi connectivity index (χ0) is 11.3. The summed E-state index contributed by atoms with van der Waals surface area (Å²) in [5.41, 5.74) is 10.3. The van der Waals surface area contributed by atoms with Gasteiger partial charge in [0, 0.05) is 6.04 Å². The summed E-state index contributed by atoms with van der Waals surface area (Å²) >= 11 is 0. The molecule has 0 fully saturated rings. The van der Waals surface area contributed by atoms with Crippen molar-refractivity contribution in [2.45, 2.75) is 52.5 Å². The van der Waals surface area contributed by atoms with Crippen LogP contribution in [-0.4, -0.2) is 0 Å². The Kier molecular flexibility index (Phi) is 4.83. The van der Waals surface area contributed by atoms with Crippen LogP contribution in [0.1, 0.15) is 56.3 Å². The second kappa shape index (κ2) is 5.92. The van der Waals surface area contributed by atoms with E-state index in [1.54, 1.807) is 0 Å². The molecule has 15 heavy (non-hydrogen) atoms. The van der Waals surface area contributed by atoms with Crippen LogP contribution in [0.4, 0.5) is 0 Å². The summed E-state index contributed by atoms with van der Waals surface area (Å²) in [5, 5.41) is 0. The highest BCUT2D eigenvalue weighted by Crippen LogP contribution is 2.20. The molecule has 1 nitrogen and oxygen atoms in total. The Hall–Kier alpha value is -0.820. The summed E-state index contributed by atoms with van der Waals surface area (Å²) < 4.78 is 0. The van der Waals surface area contributed by atoms with Gasteiger partial charge >= 0.3 is 0 Å². The van der Waals surface area contributed by atoms with Crippen molar-refractivity contribution in [3.05, 3.63) is 34.9 Å². The molecule has 0 bridgehead atoms. The molecule has 1 rings (SSSR count). The standard InChI is InChI=1S/C14H23N/c1-4-7-14(15)13-9-8-11(5-2)12(6-3)10-13/h8-10,14H,4-7,15H2,1-3H3. The average Bonchev–Trinajstić information content (AvgIpc) is 2.28. The summed E-state index contributed by atoms with van der Waals surface area (Å²) in [4.78, 5) is 0. The van der Waals surface area contributed by atoms with Gasteiger partial charge in [-0.3, -0.25) is 0 Å².